The third kappa shape index (κ3) is 4.98. The van der Waals surface area contributed by atoms with Gasteiger partial charge in [0.05, 0.1) is 11.1 Å². The molecule has 6 nitrogen and oxygen atoms in total. The van der Waals surface area contributed by atoms with E-state index in [4.69, 9.17) is 18.9 Å². The van der Waals surface area contributed by atoms with Gasteiger partial charge in [0.15, 0.2) is 6.29 Å². The lowest BCUT2D eigenvalue weighted by molar-refractivity contribution is -0.239. The number of carbonyl (C=O) groups is 2. The van der Waals surface area contributed by atoms with Gasteiger partial charge in [-0.15, -0.1) is 0 Å². The number of benzene rings is 2. The fourth-order valence-corrected chi connectivity index (χ4v) is 3.13. The van der Waals surface area contributed by atoms with Gasteiger partial charge in [0, 0.05) is 7.11 Å². The number of esters is 2. The largest absolute Gasteiger partial charge is 0.459 e. The predicted molar refractivity (Wildman–Crippen MR) is 97.6 cm³/mol. The van der Waals surface area contributed by atoms with Gasteiger partial charge in [-0.1, -0.05) is 36.4 Å². The van der Waals surface area contributed by atoms with Crippen molar-refractivity contribution in [1.29, 1.82) is 0 Å². The van der Waals surface area contributed by atoms with Crippen molar-refractivity contribution in [3.8, 4) is 0 Å². The Morgan fingerprint density at radius 3 is 1.97 bits per heavy atom. The molecule has 160 valence electrons. The molecule has 2 aromatic carbocycles. The number of hydrogen-bond donors (Lipinski definition) is 0. The lowest BCUT2D eigenvalue weighted by atomic mass is 9.99. The standard InChI is InChI=1S/C21H19F3O6/c1-27-20-16(21(22,23)24)17(30-19(26)14-10-6-3-7-11-14)15(29-20)12-28-18(25)13-8-4-2-5-9-13/h2-11,15-17,20H,12H2,1H3/t15-,16-,17-,20+/m1/s1. The van der Waals surface area contributed by atoms with Crippen LogP contribution in [0, 0.1) is 5.92 Å². The van der Waals surface area contributed by atoms with Crippen LogP contribution in [0.1, 0.15) is 20.7 Å². The SMILES string of the molecule is CO[C@H]1O[C@H](COC(=O)c2ccccc2)[C@@H](OC(=O)c2ccccc2)[C@H]1C(F)(F)F. The normalized spacial score (nSPS) is 23.7. The molecule has 0 N–H and O–H groups in total. The summed E-state index contributed by atoms with van der Waals surface area (Å²) >= 11 is 0. The van der Waals surface area contributed by atoms with Crippen LogP contribution in [-0.4, -0.2) is 50.3 Å². The van der Waals surface area contributed by atoms with E-state index in [1.165, 1.54) is 24.3 Å². The van der Waals surface area contributed by atoms with Crippen molar-refractivity contribution in [2.24, 2.45) is 5.92 Å². The summed E-state index contributed by atoms with van der Waals surface area (Å²) < 4.78 is 61.4. The minimum Gasteiger partial charge on any atom is -0.459 e. The smallest absolute Gasteiger partial charge is 0.400 e. The highest BCUT2D eigenvalue weighted by Crippen LogP contribution is 2.42. The molecule has 0 amide bonds. The van der Waals surface area contributed by atoms with E-state index in [1.807, 2.05) is 0 Å². The van der Waals surface area contributed by atoms with Gasteiger partial charge in [-0.25, -0.2) is 9.59 Å². The molecule has 9 heteroatoms. The molecule has 1 aliphatic heterocycles. The van der Waals surface area contributed by atoms with Crippen molar-refractivity contribution in [2.75, 3.05) is 13.7 Å². The number of alkyl halides is 3. The quantitative estimate of drug-likeness (QED) is 0.660. The summed E-state index contributed by atoms with van der Waals surface area (Å²) in [4.78, 5) is 24.5. The minimum atomic E-state index is -4.78. The van der Waals surface area contributed by atoms with Gasteiger partial charge in [-0.3, -0.25) is 0 Å². The number of hydrogen-bond acceptors (Lipinski definition) is 6. The molecule has 4 atom stereocenters. The zero-order valence-corrected chi connectivity index (χ0v) is 15.9. The molecule has 0 saturated carbocycles. The van der Waals surface area contributed by atoms with Gasteiger partial charge in [0.1, 0.15) is 24.7 Å². The molecule has 0 radical (unpaired) electrons. The Labute approximate surface area is 170 Å². The second-order valence-electron chi connectivity index (χ2n) is 6.55. The highest BCUT2D eigenvalue weighted by atomic mass is 19.4. The summed E-state index contributed by atoms with van der Waals surface area (Å²) in [6, 6.07) is 15.5. The third-order valence-corrected chi connectivity index (χ3v) is 4.57. The first kappa shape index (κ1) is 21.8. The van der Waals surface area contributed by atoms with E-state index < -0.39 is 49.1 Å². The minimum absolute atomic E-state index is 0.0827. The third-order valence-electron chi connectivity index (χ3n) is 4.57. The Hall–Kier alpha value is -2.91. The maximum absolute atomic E-state index is 13.7. The number of ether oxygens (including phenoxy) is 4. The summed E-state index contributed by atoms with van der Waals surface area (Å²) in [5.41, 5.74) is 0.309. The first-order valence-electron chi connectivity index (χ1n) is 9.04. The van der Waals surface area contributed by atoms with E-state index in [-0.39, 0.29) is 11.1 Å². The monoisotopic (exact) mass is 424 g/mol. The molecule has 1 aliphatic rings. The van der Waals surface area contributed by atoms with E-state index in [0.29, 0.717) is 0 Å². The molecule has 2 aromatic rings. The van der Waals surface area contributed by atoms with Crippen molar-refractivity contribution in [1.82, 2.24) is 0 Å². The van der Waals surface area contributed by atoms with Crippen LogP contribution in [0.3, 0.4) is 0 Å². The van der Waals surface area contributed by atoms with Crippen LogP contribution in [0.5, 0.6) is 0 Å². The molecule has 0 bridgehead atoms. The number of halogens is 3. The van der Waals surface area contributed by atoms with Crippen molar-refractivity contribution in [2.45, 2.75) is 24.7 Å². The van der Waals surface area contributed by atoms with Gasteiger partial charge >= 0.3 is 18.1 Å². The summed E-state index contributed by atoms with van der Waals surface area (Å²) in [5, 5.41) is 0. The fraction of sp³-hybridized carbons (Fsp3) is 0.333. The first-order chi connectivity index (χ1) is 14.3. The Morgan fingerprint density at radius 2 is 1.47 bits per heavy atom. The molecule has 0 unspecified atom stereocenters. The van der Waals surface area contributed by atoms with Gasteiger partial charge in [-0.05, 0) is 24.3 Å². The van der Waals surface area contributed by atoms with E-state index in [1.54, 1.807) is 36.4 Å². The van der Waals surface area contributed by atoms with Crippen molar-refractivity contribution in [3.63, 3.8) is 0 Å². The van der Waals surface area contributed by atoms with Crippen molar-refractivity contribution < 1.29 is 41.7 Å². The van der Waals surface area contributed by atoms with E-state index >= 15 is 0 Å². The molecular formula is C21H19F3O6. The molecule has 3 rings (SSSR count). The average Bonchev–Trinajstić information content (AvgIpc) is 3.11. The van der Waals surface area contributed by atoms with Crippen LogP contribution in [0.4, 0.5) is 13.2 Å². The molecule has 1 heterocycles. The van der Waals surface area contributed by atoms with Crippen LogP contribution < -0.4 is 0 Å². The highest BCUT2D eigenvalue weighted by Gasteiger charge is 2.60. The Bertz CT molecular complexity index is 856. The Kier molecular flexibility index (Phi) is 6.73. The van der Waals surface area contributed by atoms with Crippen molar-refractivity contribution >= 4 is 11.9 Å². The lowest BCUT2D eigenvalue weighted by Crippen LogP contribution is -2.43. The van der Waals surface area contributed by atoms with E-state index in [9.17, 15) is 22.8 Å². The zero-order valence-electron chi connectivity index (χ0n) is 15.9. The predicted octanol–water partition coefficient (Wildman–Crippen LogP) is 3.62. The van der Waals surface area contributed by atoms with Gasteiger partial charge in [-0.2, -0.15) is 13.2 Å². The zero-order chi connectivity index (χ0) is 21.7. The topological polar surface area (TPSA) is 71.1 Å². The highest BCUT2D eigenvalue weighted by molar-refractivity contribution is 5.90. The Morgan fingerprint density at radius 1 is 0.933 bits per heavy atom. The molecule has 0 aliphatic carbocycles. The fourth-order valence-electron chi connectivity index (χ4n) is 3.13. The van der Waals surface area contributed by atoms with Crippen molar-refractivity contribution in [3.05, 3.63) is 71.8 Å². The summed E-state index contributed by atoms with van der Waals surface area (Å²) in [6.45, 7) is -0.549. The average molecular weight is 424 g/mol. The lowest BCUT2D eigenvalue weighted by Gasteiger charge is -2.25. The van der Waals surface area contributed by atoms with Crippen LogP contribution in [-0.2, 0) is 18.9 Å². The second-order valence-corrected chi connectivity index (χ2v) is 6.55. The Balaban J connectivity index is 1.78. The molecule has 0 spiro atoms. The first-order valence-corrected chi connectivity index (χ1v) is 9.04. The van der Waals surface area contributed by atoms with Gasteiger partial charge in [0.25, 0.3) is 0 Å². The summed E-state index contributed by atoms with van der Waals surface area (Å²) in [7, 11) is 1.05. The van der Waals surface area contributed by atoms with Gasteiger partial charge in [0.2, 0.25) is 0 Å². The van der Waals surface area contributed by atoms with Crippen LogP contribution in [0.15, 0.2) is 60.7 Å². The maximum Gasteiger partial charge on any atom is 0.400 e. The molecule has 1 saturated heterocycles. The number of methoxy groups -OCH3 is 1. The number of carbonyl (C=O) groups excluding carboxylic acids is 2. The number of rotatable bonds is 6. The molecule has 1 fully saturated rings. The van der Waals surface area contributed by atoms with Gasteiger partial charge < -0.3 is 18.9 Å². The summed E-state index contributed by atoms with van der Waals surface area (Å²) in [6.07, 6.45) is -9.60. The maximum atomic E-state index is 13.7. The summed E-state index contributed by atoms with van der Waals surface area (Å²) in [5.74, 6) is -3.93. The van der Waals surface area contributed by atoms with Crippen LogP contribution in [0.25, 0.3) is 0 Å². The van der Waals surface area contributed by atoms with Crippen LogP contribution >= 0.6 is 0 Å². The van der Waals surface area contributed by atoms with Crippen LogP contribution in [0.2, 0.25) is 0 Å². The molecule has 0 aromatic heterocycles. The second kappa shape index (κ2) is 9.27. The molecule has 30 heavy (non-hydrogen) atoms. The van der Waals surface area contributed by atoms with E-state index in [0.717, 1.165) is 7.11 Å². The van der Waals surface area contributed by atoms with E-state index in [2.05, 4.69) is 0 Å². The molecular weight excluding hydrogens is 405 g/mol.